The van der Waals surface area contributed by atoms with Crippen LogP contribution in [0.25, 0.3) is 0 Å². The number of rotatable bonds is 8. The first-order chi connectivity index (χ1) is 9.99. The Morgan fingerprint density at radius 1 is 1.19 bits per heavy atom. The molecule has 1 aliphatic heterocycles. The van der Waals surface area contributed by atoms with Gasteiger partial charge in [-0.05, 0) is 24.0 Å². The van der Waals surface area contributed by atoms with Crippen molar-refractivity contribution < 1.29 is 24.5 Å². The normalized spacial score (nSPS) is 13.2. The molecule has 0 saturated heterocycles. The summed E-state index contributed by atoms with van der Waals surface area (Å²) in [5.74, 6) is -1.23. The second-order valence-corrected chi connectivity index (χ2v) is 5.45. The number of benzene rings is 1. The fourth-order valence-corrected chi connectivity index (χ4v) is 2.67. The molecule has 5 nitrogen and oxygen atoms in total. The van der Waals surface area contributed by atoms with E-state index in [9.17, 15) is 14.7 Å². The molecule has 0 saturated carbocycles. The zero-order chi connectivity index (χ0) is 15.6. The summed E-state index contributed by atoms with van der Waals surface area (Å²) < 4.78 is 5.26. The third kappa shape index (κ3) is 3.17. The van der Waals surface area contributed by atoms with Gasteiger partial charge in [0.25, 0.3) is 0 Å². The summed E-state index contributed by atoms with van der Waals surface area (Å²) in [6, 6.07) is 1.46. The van der Waals surface area contributed by atoms with E-state index < -0.39 is 11.9 Å². The van der Waals surface area contributed by atoms with Gasteiger partial charge >= 0.3 is 11.9 Å². The highest BCUT2D eigenvalue weighted by Gasteiger charge is 2.37. The predicted molar refractivity (Wildman–Crippen MR) is 77.4 cm³/mol. The lowest BCUT2D eigenvalue weighted by atomic mass is 9.90. The molecule has 1 aromatic rings. The number of aromatic carboxylic acids is 2. The first-order valence-electron chi connectivity index (χ1n) is 7.33. The molecule has 0 aliphatic carbocycles. The van der Waals surface area contributed by atoms with E-state index in [0.717, 1.165) is 37.7 Å². The van der Waals surface area contributed by atoms with Gasteiger partial charge in [0.1, 0.15) is 5.56 Å². The maximum absolute atomic E-state index is 11.3. The second-order valence-electron chi connectivity index (χ2n) is 5.45. The third-order valence-corrected chi connectivity index (χ3v) is 3.97. The summed E-state index contributed by atoms with van der Waals surface area (Å²) in [6.07, 6.45) is 5.10. The van der Waals surface area contributed by atoms with Crippen LogP contribution in [-0.2, 0) is 6.42 Å². The molecule has 114 valence electrons. The molecule has 1 atom stereocenters. The Labute approximate surface area is 123 Å². The molecule has 1 unspecified atom stereocenters. The van der Waals surface area contributed by atoms with Gasteiger partial charge in [-0.25, -0.2) is 9.59 Å². The van der Waals surface area contributed by atoms with Gasteiger partial charge in [-0.3, -0.25) is 0 Å². The Balaban J connectivity index is 2.29. The molecule has 5 heteroatoms. The van der Waals surface area contributed by atoms with Crippen molar-refractivity contribution in [2.75, 3.05) is 0 Å². The van der Waals surface area contributed by atoms with E-state index in [1.165, 1.54) is 6.07 Å². The molecule has 2 rings (SSSR count). The van der Waals surface area contributed by atoms with Crippen LogP contribution in [0.1, 0.15) is 65.8 Å². The molecule has 0 bridgehead atoms. The third-order valence-electron chi connectivity index (χ3n) is 3.97. The van der Waals surface area contributed by atoms with Crippen LogP contribution in [-0.4, -0.2) is 22.2 Å². The highest BCUT2D eigenvalue weighted by atomic mass is 16.6. The maximum atomic E-state index is 11.3. The smallest absolute Gasteiger partial charge is 0.340 e. The summed E-state index contributed by atoms with van der Waals surface area (Å²) in [7, 11) is 0. The number of carboxylic acid groups (broad SMARTS) is 2. The topological polar surface area (TPSA) is 87.1 Å². The van der Waals surface area contributed by atoms with Crippen molar-refractivity contribution >= 4 is 11.9 Å². The van der Waals surface area contributed by atoms with Crippen LogP contribution in [0, 0.1) is 5.92 Å². The van der Waals surface area contributed by atoms with Crippen LogP contribution in [0.15, 0.2) is 6.07 Å². The zero-order valence-corrected chi connectivity index (χ0v) is 12.3. The Hall–Kier alpha value is -2.04. The molecule has 1 aliphatic rings. The highest BCUT2D eigenvalue weighted by molar-refractivity contribution is 6.06. The van der Waals surface area contributed by atoms with Gasteiger partial charge in [0.2, 0.25) is 0 Å². The summed E-state index contributed by atoms with van der Waals surface area (Å²) in [4.78, 5) is 22.4. The molecule has 0 aromatic heterocycles. The lowest BCUT2D eigenvalue weighted by Gasteiger charge is -2.13. The fourth-order valence-electron chi connectivity index (χ4n) is 2.67. The van der Waals surface area contributed by atoms with Crippen LogP contribution in [0.2, 0.25) is 0 Å². The Morgan fingerprint density at radius 3 is 2.43 bits per heavy atom. The Kier molecular flexibility index (Phi) is 4.50. The molecular formula is C16H20O5. The van der Waals surface area contributed by atoms with Gasteiger partial charge in [0.15, 0.2) is 11.5 Å². The van der Waals surface area contributed by atoms with E-state index in [1.807, 2.05) is 0 Å². The number of carbonyl (C=O) groups is 2. The average Bonchev–Trinajstić information content (AvgIpc) is 3.22. The van der Waals surface area contributed by atoms with E-state index in [2.05, 4.69) is 13.8 Å². The zero-order valence-electron chi connectivity index (χ0n) is 12.3. The van der Waals surface area contributed by atoms with E-state index in [0.29, 0.717) is 11.7 Å². The van der Waals surface area contributed by atoms with Crippen LogP contribution < -0.4 is 4.74 Å². The number of carboxylic acids is 2. The van der Waals surface area contributed by atoms with E-state index in [1.54, 1.807) is 0 Å². The van der Waals surface area contributed by atoms with Gasteiger partial charge in [0.05, 0.1) is 5.56 Å². The number of ether oxygens (including phenoxy) is 1. The monoisotopic (exact) mass is 292 g/mol. The summed E-state index contributed by atoms with van der Waals surface area (Å²) in [5.41, 5.74) is 0.400. The fraction of sp³-hybridized carbons (Fsp3) is 0.500. The standard InChI is InChI=1S/C16H20O5/c1-3-5-6-9(4-2)7-10-8-11(15(17)18)12(16(19)20)14-13(10)21-14/h8-9H,3-7H2,1-2H3,(H,17,18)(H,19,20). The Morgan fingerprint density at radius 2 is 1.90 bits per heavy atom. The molecule has 21 heavy (non-hydrogen) atoms. The summed E-state index contributed by atoms with van der Waals surface area (Å²) in [6.45, 7) is 4.25. The van der Waals surface area contributed by atoms with E-state index in [4.69, 9.17) is 9.84 Å². The number of hydrogen-bond acceptors (Lipinski definition) is 3. The number of hydrogen-bond donors (Lipinski definition) is 2. The molecular weight excluding hydrogens is 272 g/mol. The first kappa shape index (κ1) is 15.4. The molecule has 2 N–H and O–H groups in total. The largest absolute Gasteiger partial charge is 0.478 e. The molecule has 0 spiro atoms. The lowest BCUT2D eigenvalue weighted by molar-refractivity contribution is 0.0651. The van der Waals surface area contributed by atoms with Gasteiger partial charge in [-0.1, -0.05) is 39.5 Å². The van der Waals surface area contributed by atoms with Gasteiger partial charge < -0.3 is 14.9 Å². The summed E-state index contributed by atoms with van der Waals surface area (Å²) in [5, 5.41) is 18.3. The second kappa shape index (κ2) is 6.16. The van der Waals surface area contributed by atoms with Crippen molar-refractivity contribution in [1.82, 2.24) is 0 Å². The SMILES string of the molecule is CCCCC(CC)Cc1cc(C(=O)O)c(C(=O)O)c2c1O2. The lowest BCUT2D eigenvalue weighted by Crippen LogP contribution is -2.08. The first-order valence-corrected chi connectivity index (χ1v) is 7.33. The van der Waals surface area contributed by atoms with E-state index >= 15 is 0 Å². The average molecular weight is 292 g/mol. The van der Waals surface area contributed by atoms with Crippen molar-refractivity contribution in [2.24, 2.45) is 5.92 Å². The molecule has 1 heterocycles. The van der Waals surface area contributed by atoms with E-state index in [-0.39, 0.29) is 16.9 Å². The molecule has 0 fully saturated rings. The molecule has 0 amide bonds. The summed E-state index contributed by atoms with van der Waals surface area (Å²) >= 11 is 0. The van der Waals surface area contributed by atoms with Gasteiger partial charge in [-0.2, -0.15) is 0 Å². The van der Waals surface area contributed by atoms with Crippen LogP contribution in [0.3, 0.4) is 0 Å². The minimum absolute atomic E-state index is 0.181. The van der Waals surface area contributed by atoms with Crippen LogP contribution in [0.5, 0.6) is 11.5 Å². The van der Waals surface area contributed by atoms with Gasteiger partial charge in [-0.15, -0.1) is 0 Å². The number of fused-ring (bicyclic) bond motifs is 1. The maximum Gasteiger partial charge on any atom is 0.340 e. The quantitative estimate of drug-likeness (QED) is 0.719. The van der Waals surface area contributed by atoms with Crippen molar-refractivity contribution in [2.45, 2.75) is 46.0 Å². The van der Waals surface area contributed by atoms with Crippen molar-refractivity contribution in [1.29, 1.82) is 0 Å². The predicted octanol–water partition coefficient (Wildman–Crippen LogP) is 3.95. The minimum atomic E-state index is -1.26. The number of unbranched alkanes of at least 4 members (excludes halogenated alkanes) is 1. The highest BCUT2D eigenvalue weighted by Crippen LogP contribution is 2.53. The van der Waals surface area contributed by atoms with Crippen LogP contribution >= 0.6 is 0 Å². The van der Waals surface area contributed by atoms with Crippen molar-refractivity contribution in [3.63, 3.8) is 0 Å². The molecule has 0 radical (unpaired) electrons. The Bertz CT molecular complexity index is 577. The molecule has 1 aromatic carbocycles. The van der Waals surface area contributed by atoms with Crippen molar-refractivity contribution in [3.05, 3.63) is 22.8 Å². The van der Waals surface area contributed by atoms with Crippen molar-refractivity contribution in [3.8, 4) is 11.5 Å². The van der Waals surface area contributed by atoms with Gasteiger partial charge in [0, 0.05) is 0 Å². The van der Waals surface area contributed by atoms with Crippen LogP contribution in [0.4, 0.5) is 0 Å². The minimum Gasteiger partial charge on any atom is -0.478 e.